The zero-order chi connectivity index (χ0) is 8.97. The van der Waals surface area contributed by atoms with E-state index in [2.05, 4.69) is 23.8 Å². The van der Waals surface area contributed by atoms with Gasteiger partial charge in [0.15, 0.2) is 0 Å². The van der Waals surface area contributed by atoms with Gasteiger partial charge in [-0.3, -0.25) is 4.90 Å². The van der Waals surface area contributed by atoms with Crippen molar-refractivity contribution in [2.75, 3.05) is 39.1 Å². The Kier molecular flexibility index (Phi) is 4.33. The minimum absolute atomic E-state index is 0.738. The Morgan fingerprint density at radius 1 is 1.42 bits per heavy atom. The summed E-state index contributed by atoms with van der Waals surface area (Å²) in [5.41, 5.74) is 0. The van der Waals surface area contributed by atoms with E-state index in [4.69, 9.17) is 11.6 Å². The molecule has 1 heterocycles. The molecule has 12 heavy (non-hydrogen) atoms. The van der Waals surface area contributed by atoms with Crippen LogP contribution in [0.1, 0.15) is 13.3 Å². The Morgan fingerprint density at radius 3 is 2.75 bits per heavy atom. The number of nitrogens with zero attached hydrogens (tertiary/aromatic N) is 2. The Morgan fingerprint density at radius 2 is 2.17 bits per heavy atom. The molecule has 0 aromatic rings. The van der Waals surface area contributed by atoms with E-state index >= 15 is 0 Å². The van der Waals surface area contributed by atoms with E-state index < -0.39 is 0 Å². The predicted octanol–water partition coefficient (Wildman–Crippen LogP) is 1.25. The smallest absolute Gasteiger partial charge is 0.0351 e. The highest BCUT2D eigenvalue weighted by atomic mass is 35.5. The second-order valence-electron chi connectivity index (χ2n) is 3.53. The quantitative estimate of drug-likeness (QED) is 0.619. The maximum atomic E-state index is 5.71. The zero-order valence-electron chi connectivity index (χ0n) is 8.09. The first-order valence-corrected chi connectivity index (χ1v) is 5.30. The number of piperazine rings is 1. The van der Waals surface area contributed by atoms with E-state index in [0.717, 1.165) is 18.5 Å². The first-order valence-electron chi connectivity index (χ1n) is 4.76. The molecule has 1 saturated heterocycles. The number of alkyl halides is 1. The van der Waals surface area contributed by atoms with Crippen molar-refractivity contribution in [1.29, 1.82) is 0 Å². The second kappa shape index (κ2) is 5.05. The van der Waals surface area contributed by atoms with Crippen molar-refractivity contribution in [2.45, 2.75) is 19.4 Å². The summed E-state index contributed by atoms with van der Waals surface area (Å²) < 4.78 is 0. The molecule has 0 aliphatic carbocycles. The summed E-state index contributed by atoms with van der Waals surface area (Å²) in [6, 6.07) is 0.738. The highest BCUT2D eigenvalue weighted by Gasteiger charge is 2.21. The summed E-state index contributed by atoms with van der Waals surface area (Å²) in [5.74, 6) is 0.764. The van der Waals surface area contributed by atoms with Crippen molar-refractivity contribution in [2.24, 2.45) is 0 Å². The van der Waals surface area contributed by atoms with Crippen molar-refractivity contribution in [3.8, 4) is 0 Å². The van der Waals surface area contributed by atoms with Crippen LogP contribution >= 0.6 is 11.6 Å². The monoisotopic (exact) mass is 190 g/mol. The predicted molar refractivity (Wildman–Crippen MR) is 53.9 cm³/mol. The normalized spacial score (nSPS) is 27.8. The molecule has 0 radical (unpaired) electrons. The Bertz CT molecular complexity index is 130. The maximum Gasteiger partial charge on any atom is 0.0351 e. The molecule has 2 nitrogen and oxygen atoms in total. The van der Waals surface area contributed by atoms with E-state index in [9.17, 15) is 0 Å². The van der Waals surface area contributed by atoms with E-state index in [1.54, 1.807) is 0 Å². The minimum atomic E-state index is 0.738. The first-order chi connectivity index (χ1) is 5.77. The molecule has 0 bridgehead atoms. The summed E-state index contributed by atoms with van der Waals surface area (Å²) in [7, 11) is 2.21. The number of hydrogen-bond acceptors (Lipinski definition) is 2. The number of hydrogen-bond donors (Lipinski definition) is 0. The standard InChI is InChI=1S/C9H19ClN2/c1-3-9-8-12(5-4-10)7-6-11(9)2/h9H,3-8H2,1-2H3. The van der Waals surface area contributed by atoms with Crippen LogP contribution in [0.2, 0.25) is 0 Å². The van der Waals surface area contributed by atoms with Gasteiger partial charge in [0.25, 0.3) is 0 Å². The molecule has 3 heteroatoms. The largest absolute Gasteiger partial charge is 0.301 e. The van der Waals surface area contributed by atoms with E-state index in [-0.39, 0.29) is 0 Å². The number of likely N-dealkylation sites (N-methyl/N-ethyl adjacent to an activating group) is 1. The summed E-state index contributed by atoms with van der Waals surface area (Å²) in [6.45, 7) is 6.87. The molecule has 1 aliphatic heterocycles. The van der Waals surface area contributed by atoms with E-state index in [0.29, 0.717) is 0 Å². The SMILES string of the molecule is CCC1CN(CCCl)CCN1C. The number of halogens is 1. The van der Waals surface area contributed by atoms with Crippen LogP contribution in [-0.4, -0.2) is 54.9 Å². The van der Waals surface area contributed by atoms with Crippen LogP contribution in [0.4, 0.5) is 0 Å². The highest BCUT2D eigenvalue weighted by molar-refractivity contribution is 6.18. The fraction of sp³-hybridized carbons (Fsp3) is 1.00. The third-order valence-corrected chi connectivity index (χ3v) is 2.90. The van der Waals surface area contributed by atoms with Gasteiger partial charge in [-0.25, -0.2) is 0 Å². The Hall–Kier alpha value is 0.210. The molecule has 0 aromatic heterocycles. The summed E-state index contributed by atoms with van der Waals surface area (Å²) in [4.78, 5) is 4.91. The fourth-order valence-corrected chi connectivity index (χ4v) is 2.01. The van der Waals surface area contributed by atoms with Crippen molar-refractivity contribution >= 4 is 11.6 Å². The van der Waals surface area contributed by atoms with E-state index in [1.165, 1.54) is 26.1 Å². The van der Waals surface area contributed by atoms with Crippen LogP contribution in [0.25, 0.3) is 0 Å². The van der Waals surface area contributed by atoms with Gasteiger partial charge in [-0.1, -0.05) is 6.92 Å². The zero-order valence-corrected chi connectivity index (χ0v) is 8.85. The highest BCUT2D eigenvalue weighted by Crippen LogP contribution is 2.09. The molecule has 0 N–H and O–H groups in total. The van der Waals surface area contributed by atoms with Crippen LogP contribution in [0.15, 0.2) is 0 Å². The molecule has 1 fully saturated rings. The van der Waals surface area contributed by atoms with Crippen LogP contribution < -0.4 is 0 Å². The van der Waals surface area contributed by atoms with Crippen molar-refractivity contribution in [3.63, 3.8) is 0 Å². The minimum Gasteiger partial charge on any atom is -0.301 e. The van der Waals surface area contributed by atoms with E-state index in [1.807, 2.05) is 0 Å². The van der Waals surface area contributed by atoms with Crippen molar-refractivity contribution in [1.82, 2.24) is 9.80 Å². The fourth-order valence-electron chi connectivity index (χ4n) is 1.77. The first kappa shape index (κ1) is 10.3. The van der Waals surface area contributed by atoms with Crippen LogP contribution in [0.3, 0.4) is 0 Å². The van der Waals surface area contributed by atoms with Gasteiger partial charge in [0, 0.05) is 38.1 Å². The molecule has 0 spiro atoms. The van der Waals surface area contributed by atoms with Gasteiger partial charge in [0.1, 0.15) is 0 Å². The Labute approximate surface area is 80.5 Å². The maximum absolute atomic E-state index is 5.71. The molecule has 1 atom stereocenters. The van der Waals surface area contributed by atoms with Gasteiger partial charge in [-0.2, -0.15) is 0 Å². The van der Waals surface area contributed by atoms with Crippen LogP contribution in [-0.2, 0) is 0 Å². The lowest BCUT2D eigenvalue weighted by molar-refractivity contribution is 0.0979. The topological polar surface area (TPSA) is 6.48 Å². The molecule has 0 aromatic carbocycles. The second-order valence-corrected chi connectivity index (χ2v) is 3.91. The molecule has 0 amide bonds. The van der Waals surface area contributed by atoms with Gasteiger partial charge in [0.2, 0.25) is 0 Å². The summed E-state index contributed by atoms with van der Waals surface area (Å²) in [6.07, 6.45) is 1.25. The van der Waals surface area contributed by atoms with Crippen LogP contribution in [0.5, 0.6) is 0 Å². The molecule has 72 valence electrons. The molecule has 1 aliphatic rings. The summed E-state index contributed by atoms with van der Waals surface area (Å²) in [5, 5.41) is 0. The lowest BCUT2D eigenvalue weighted by Gasteiger charge is -2.38. The average molecular weight is 191 g/mol. The van der Waals surface area contributed by atoms with Gasteiger partial charge in [-0.05, 0) is 13.5 Å². The van der Waals surface area contributed by atoms with Gasteiger partial charge in [-0.15, -0.1) is 11.6 Å². The molecule has 1 unspecified atom stereocenters. The van der Waals surface area contributed by atoms with Crippen molar-refractivity contribution < 1.29 is 0 Å². The molecule has 1 rings (SSSR count). The molecule has 0 saturated carbocycles. The van der Waals surface area contributed by atoms with Gasteiger partial charge < -0.3 is 4.90 Å². The molecular formula is C9H19ClN2. The average Bonchev–Trinajstić information content (AvgIpc) is 2.09. The number of rotatable bonds is 3. The van der Waals surface area contributed by atoms with Gasteiger partial charge in [0.05, 0.1) is 0 Å². The third kappa shape index (κ3) is 2.61. The lowest BCUT2D eigenvalue weighted by Crippen LogP contribution is -2.51. The Balaban J connectivity index is 2.33. The van der Waals surface area contributed by atoms with Gasteiger partial charge >= 0.3 is 0 Å². The van der Waals surface area contributed by atoms with Crippen LogP contribution in [0, 0.1) is 0 Å². The van der Waals surface area contributed by atoms with Crippen molar-refractivity contribution in [3.05, 3.63) is 0 Å². The summed E-state index contributed by atoms with van der Waals surface area (Å²) >= 11 is 5.71. The third-order valence-electron chi connectivity index (χ3n) is 2.73. The molecular weight excluding hydrogens is 172 g/mol. The lowest BCUT2D eigenvalue weighted by atomic mass is 10.1.